The fourth-order valence-electron chi connectivity index (χ4n) is 3.20. The quantitative estimate of drug-likeness (QED) is 0.542. The number of nitrogens with one attached hydrogen (secondary N) is 2. The number of hydrogen-bond acceptors (Lipinski definition) is 5. The molecule has 7 heteroatoms. The Morgan fingerprint density at radius 3 is 2.79 bits per heavy atom. The van der Waals surface area contributed by atoms with Gasteiger partial charge < -0.3 is 5.32 Å². The topological polar surface area (TPSA) is 75.3 Å². The first-order valence-corrected chi connectivity index (χ1v) is 11.7. The molecule has 0 aliphatic carbocycles. The molecule has 1 aliphatic rings. The summed E-state index contributed by atoms with van der Waals surface area (Å²) < 4.78 is 0. The van der Waals surface area contributed by atoms with Crippen LogP contribution in [0.5, 0.6) is 0 Å². The van der Waals surface area contributed by atoms with E-state index in [4.69, 9.17) is 0 Å². The number of thiophene rings is 1. The van der Waals surface area contributed by atoms with Crippen molar-refractivity contribution in [2.24, 2.45) is 0 Å². The van der Waals surface area contributed by atoms with Gasteiger partial charge in [-0.2, -0.15) is 0 Å². The zero-order chi connectivity index (χ0) is 20.6. The molecule has 1 aromatic heterocycles. The molecule has 2 heterocycles. The van der Waals surface area contributed by atoms with Gasteiger partial charge >= 0.3 is 0 Å². The first-order chi connectivity index (χ1) is 14.0. The second kappa shape index (κ2) is 10.6. The average Bonchev–Trinajstić information content (AvgIpc) is 3.29. The Balaban J connectivity index is 1.53. The molecule has 0 spiro atoms. The summed E-state index contributed by atoms with van der Waals surface area (Å²) in [5.41, 5.74) is 2.32. The smallest absolute Gasteiger partial charge is 0.286 e. The van der Waals surface area contributed by atoms with Gasteiger partial charge in [0.1, 0.15) is 0 Å². The number of unbranched alkanes of at least 4 members (excludes halogenated alkanes) is 2. The van der Waals surface area contributed by atoms with Crippen LogP contribution in [0, 0.1) is 0 Å². The number of thioether (sulfide) groups is 1. The minimum absolute atomic E-state index is 0.129. The monoisotopic (exact) mass is 430 g/mol. The SMILES string of the molecule is CCCCCC(=O)NCCc1cccc(-c2ccc(CC3SC(=O)NC3=O)s2)c1. The number of carbonyl (C=O) groups excluding carboxylic acids is 3. The van der Waals surface area contributed by atoms with E-state index in [9.17, 15) is 14.4 Å². The maximum atomic E-state index is 11.8. The number of amides is 3. The largest absolute Gasteiger partial charge is 0.356 e. The summed E-state index contributed by atoms with van der Waals surface area (Å²) in [5, 5.41) is 4.74. The van der Waals surface area contributed by atoms with Crippen LogP contribution in [0.4, 0.5) is 4.79 Å². The second-order valence-corrected chi connectivity index (χ2v) is 9.45. The van der Waals surface area contributed by atoms with Crippen molar-refractivity contribution in [1.82, 2.24) is 10.6 Å². The summed E-state index contributed by atoms with van der Waals surface area (Å²) in [7, 11) is 0. The molecule has 3 amide bonds. The summed E-state index contributed by atoms with van der Waals surface area (Å²) in [6.07, 6.45) is 5.14. The van der Waals surface area contributed by atoms with Gasteiger partial charge in [0.25, 0.3) is 5.24 Å². The van der Waals surface area contributed by atoms with Crippen LogP contribution in [-0.4, -0.2) is 28.8 Å². The lowest BCUT2D eigenvalue weighted by molar-refractivity contribution is -0.121. The lowest BCUT2D eigenvalue weighted by Crippen LogP contribution is -2.25. The molecule has 1 saturated heterocycles. The number of carbonyl (C=O) groups is 3. The van der Waals surface area contributed by atoms with Gasteiger partial charge in [0.2, 0.25) is 11.8 Å². The van der Waals surface area contributed by atoms with Gasteiger partial charge in [0, 0.05) is 29.1 Å². The first-order valence-electron chi connectivity index (χ1n) is 10.0. The lowest BCUT2D eigenvalue weighted by atomic mass is 10.1. The minimum Gasteiger partial charge on any atom is -0.356 e. The number of benzene rings is 1. The molecule has 5 nitrogen and oxygen atoms in total. The Morgan fingerprint density at radius 2 is 2.03 bits per heavy atom. The number of rotatable bonds is 10. The molecule has 0 bridgehead atoms. The van der Waals surface area contributed by atoms with E-state index in [0.717, 1.165) is 52.8 Å². The van der Waals surface area contributed by atoms with E-state index in [0.29, 0.717) is 19.4 Å². The maximum absolute atomic E-state index is 11.8. The highest BCUT2D eigenvalue weighted by Crippen LogP contribution is 2.32. The molecule has 3 rings (SSSR count). The molecular weight excluding hydrogens is 404 g/mol. The van der Waals surface area contributed by atoms with Crippen molar-refractivity contribution in [3.63, 3.8) is 0 Å². The molecule has 1 aromatic carbocycles. The second-order valence-electron chi connectivity index (χ2n) is 7.11. The molecule has 0 saturated carbocycles. The third-order valence-corrected chi connectivity index (χ3v) is 6.91. The van der Waals surface area contributed by atoms with Crippen LogP contribution >= 0.6 is 23.1 Å². The molecule has 1 unspecified atom stereocenters. The van der Waals surface area contributed by atoms with Crippen molar-refractivity contribution in [3.8, 4) is 10.4 Å². The van der Waals surface area contributed by atoms with Crippen molar-refractivity contribution >= 4 is 40.2 Å². The van der Waals surface area contributed by atoms with Crippen molar-refractivity contribution in [1.29, 1.82) is 0 Å². The summed E-state index contributed by atoms with van der Waals surface area (Å²) in [5.74, 6) is -0.0708. The van der Waals surface area contributed by atoms with Gasteiger partial charge in [-0.1, -0.05) is 55.8 Å². The van der Waals surface area contributed by atoms with Crippen molar-refractivity contribution in [3.05, 3.63) is 46.8 Å². The Bertz CT molecular complexity index is 878. The Hall–Kier alpha value is -2.12. The van der Waals surface area contributed by atoms with Gasteiger partial charge in [0.05, 0.1) is 5.25 Å². The van der Waals surface area contributed by atoms with E-state index in [-0.39, 0.29) is 22.3 Å². The summed E-state index contributed by atoms with van der Waals surface area (Å²) in [6.45, 7) is 2.78. The van der Waals surface area contributed by atoms with Gasteiger partial charge in [0.15, 0.2) is 0 Å². The predicted octanol–water partition coefficient (Wildman–Crippen LogP) is 4.55. The van der Waals surface area contributed by atoms with Crippen LogP contribution in [-0.2, 0) is 22.4 Å². The van der Waals surface area contributed by atoms with Gasteiger partial charge in [-0.05, 0) is 36.1 Å². The Kier molecular flexibility index (Phi) is 7.89. The van der Waals surface area contributed by atoms with Crippen molar-refractivity contribution in [2.75, 3.05) is 6.54 Å². The van der Waals surface area contributed by atoms with Gasteiger partial charge in [-0.3, -0.25) is 19.7 Å². The molecule has 154 valence electrons. The third-order valence-electron chi connectivity index (χ3n) is 4.77. The Labute approximate surface area is 179 Å². The zero-order valence-electron chi connectivity index (χ0n) is 16.5. The van der Waals surface area contributed by atoms with Crippen LogP contribution in [0.1, 0.15) is 43.0 Å². The standard InChI is InChI=1S/C22H26N2O3S2/c1-2-3-4-8-20(25)23-12-11-15-6-5-7-16(13-15)18-10-9-17(28-18)14-19-21(26)24-22(27)29-19/h5-7,9-10,13,19H,2-4,8,11-12,14H2,1H3,(H,23,25)(H,24,26,27). The van der Waals surface area contributed by atoms with E-state index >= 15 is 0 Å². The molecule has 2 aromatic rings. The van der Waals surface area contributed by atoms with Crippen LogP contribution < -0.4 is 10.6 Å². The fourth-order valence-corrected chi connectivity index (χ4v) is 5.21. The van der Waals surface area contributed by atoms with Crippen LogP contribution in [0.3, 0.4) is 0 Å². The molecule has 1 fully saturated rings. The first kappa shape index (κ1) is 21.6. The van der Waals surface area contributed by atoms with E-state index in [1.165, 1.54) is 5.56 Å². The zero-order valence-corrected chi connectivity index (χ0v) is 18.2. The summed E-state index contributed by atoms with van der Waals surface area (Å²) in [4.78, 5) is 37.1. The molecule has 1 atom stereocenters. The third kappa shape index (κ3) is 6.44. The fraction of sp³-hybridized carbons (Fsp3) is 0.409. The van der Waals surface area contributed by atoms with E-state index in [2.05, 4.69) is 41.8 Å². The number of imide groups is 1. The predicted molar refractivity (Wildman–Crippen MR) is 119 cm³/mol. The average molecular weight is 431 g/mol. The van der Waals surface area contributed by atoms with E-state index in [1.54, 1.807) is 11.3 Å². The van der Waals surface area contributed by atoms with E-state index in [1.807, 2.05) is 12.1 Å². The molecular formula is C22H26N2O3S2. The Morgan fingerprint density at radius 1 is 1.17 bits per heavy atom. The summed E-state index contributed by atoms with van der Waals surface area (Å²) in [6, 6.07) is 12.4. The van der Waals surface area contributed by atoms with Gasteiger partial charge in [-0.15, -0.1) is 11.3 Å². The molecule has 0 radical (unpaired) electrons. The van der Waals surface area contributed by atoms with Gasteiger partial charge in [-0.25, -0.2) is 0 Å². The van der Waals surface area contributed by atoms with Crippen LogP contribution in [0.25, 0.3) is 10.4 Å². The number of hydrogen-bond donors (Lipinski definition) is 2. The van der Waals surface area contributed by atoms with Crippen molar-refractivity contribution < 1.29 is 14.4 Å². The summed E-state index contributed by atoms with van der Waals surface area (Å²) >= 11 is 2.72. The molecule has 29 heavy (non-hydrogen) atoms. The highest BCUT2D eigenvalue weighted by Gasteiger charge is 2.31. The minimum atomic E-state index is -0.332. The van der Waals surface area contributed by atoms with Crippen LogP contribution in [0.2, 0.25) is 0 Å². The molecule has 1 aliphatic heterocycles. The normalized spacial score (nSPS) is 16.1. The lowest BCUT2D eigenvalue weighted by Gasteiger charge is -2.07. The maximum Gasteiger partial charge on any atom is 0.286 e. The van der Waals surface area contributed by atoms with Crippen molar-refractivity contribution in [2.45, 2.75) is 50.7 Å². The highest BCUT2D eigenvalue weighted by molar-refractivity contribution is 8.15. The highest BCUT2D eigenvalue weighted by atomic mass is 32.2. The molecule has 2 N–H and O–H groups in total. The van der Waals surface area contributed by atoms with Crippen LogP contribution in [0.15, 0.2) is 36.4 Å². The van der Waals surface area contributed by atoms with E-state index < -0.39 is 0 Å².